The van der Waals surface area contributed by atoms with Crippen LogP contribution in [-0.4, -0.2) is 18.4 Å². The Labute approximate surface area is 145 Å². The first-order valence-electron chi connectivity index (χ1n) is 9.19. The molecule has 1 aliphatic carbocycles. The Kier molecular flexibility index (Phi) is 6.83. The fourth-order valence-corrected chi connectivity index (χ4v) is 3.21. The zero-order valence-corrected chi connectivity index (χ0v) is 15.1. The second-order valence-corrected chi connectivity index (χ2v) is 7.11. The van der Waals surface area contributed by atoms with Crippen molar-refractivity contribution in [2.45, 2.75) is 58.8 Å². The molecule has 0 atom stereocenters. The van der Waals surface area contributed by atoms with E-state index in [4.69, 9.17) is 0 Å². The van der Waals surface area contributed by atoms with E-state index in [9.17, 15) is 9.59 Å². The molecular weight excluding hydrogens is 300 g/mol. The summed E-state index contributed by atoms with van der Waals surface area (Å²) in [6.07, 6.45) is 4.15. The van der Waals surface area contributed by atoms with E-state index in [0.29, 0.717) is 5.92 Å². The molecule has 0 unspecified atom stereocenters. The van der Waals surface area contributed by atoms with Gasteiger partial charge in [-0.3, -0.25) is 9.59 Å². The van der Waals surface area contributed by atoms with Gasteiger partial charge in [0.15, 0.2) is 0 Å². The number of carbonyl (C=O) groups is 2. The molecule has 2 rings (SSSR count). The van der Waals surface area contributed by atoms with Crippen LogP contribution in [-0.2, 0) is 9.59 Å². The lowest BCUT2D eigenvalue weighted by atomic mass is 9.81. The summed E-state index contributed by atoms with van der Waals surface area (Å²) in [7, 11) is 0. The van der Waals surface area contributed by atoms with Gasteiger partial charge in [-0.1, -0.05) is 32.9 Å². The maximum Gasteiger partial charge on any atom is 0.227 e. The Morgan fingerprint density at radius 3 is 2.04 bits per heavy atom. The molecule has 0 heterocycles. The van der Waals surface area contributed by atoms with Crippen LogP contribution in [0.3, 0.4) is 0 Å². The van der Waals surface area contributed by atoms with Crippen molar-refractivity contribution in [3.8, 4) is 0 Å². The van der Waals surface area contributed by atoms with E-state index in [0.717, 1.165) is 44.3 Å². The highest BCUT2D eigenvalue weighted by Crippen LogP contribution is 2.30. The van der Waals surface area contributed by atoms with Gasteiger partial charge >= 0.3 is 0 Å². The number of nitrogens with one attached hydrogen (secondary N) is 2. The van der Waals surface area contributed by atoms with Crippen LogP contribution >= 0.6 is 0 Å². The van der Waals surface area contributed by atoms with Crippen molar-refractivity contribution in [3.63, 3.8) is 0 Å². The smallest absolute Gasteiger partial charge is 0.227 e. The highest BCUT2D eigenvalue weighted by Gasteiger charge is 2.29. The van der Waals surface area contributed by atoms with E-state index >= 15 is 0 Å². The Balaban J connectivity index is 1.81. The van der Waals surface area contributed by atoms with Crippen LogP contribution in [0, 0.1) is 11.8 Å². The average molecular weight is 330 g/mol. The monoisotopic (exact) mass is 330 g/mol. The molecule has 24 heavy (non-hydrogen) atoms. The number of benzene rings is 1. The van der Waals surface area contributed by atoms with Crippen LogP contribution in [0.5, 0.6) is 0 Å². The Morgan fingerprint density at radius 2 is 1.54 bits per heavy atom. The third-order valence-electron chi connectivity index (χ3n) is 4.86. The number of amides is 2. The van der Waals surface area contributed by atoms with Gasteiger partial charge in [-0.25, -0.2) is 0 Å². The summed E-state index contributed by atoms with van der Waals surface area (Å²) in [6, 6.07) is 8.07. The van der Waals surface area contributed by atoms with Gasteiger partial charge in [0.1, 0.15) is 0 Å². The maximum absolute atomic E-state index is 12.4. The first-order valence-corrected chi connectivity index (χ1v) is 9.19. The van der Waals surface area contributed by atoms with E-state index in [-0.39, 0.29) is 23.7 Å². The average Bonchev–Trinajstić information content (AvgIpc) is 2.60. The summed E-state index contributed by atoms with van der Waals surface area (Å²) in [5, 5.41) is 5.98. The fraction of sp³-hybridized carbons (Fsp3) is 0.600. The normalized spacial score (nSPS) is 20.7. The molecule has 1 aromatic rings. The zero-order valence-electron chi connectivity index (χ0n) is 15.1. The summed E-state index contributed by atoms with van der Waals surface area (Å²) in [5.74, 6) is 0.819. The van der Waals surface area contributed by atoms with Crippen molar-refractivity contribution in [2.75, 3.05) is 11.9 Å². The van der Waals surface area contributed by atoms with Crippen molar-refractivity contribution in [3.05, 3.63) is 29.8 Å². The molecule has 1 aromatic carbocycles. The Hall–Kier alpha value is -1.84. The standard InChI is InChI=1S/C20H30N2O2/c1-4-13-21-19(23)16-5-7-17(8-6-16)20(24)22-18-11-9-15(10-12-18)14(2)3/h9-12,14,16-17H,4-8,13H2,1-3H3,(H,21,23)(H,22,24). The van der Waals surface area contributed by atoms with Gasteiger partial charge < -0.3 is 10.6 Å². The summed E-state index contributed by atoms with van der Waals surface area (Å²) in [5.41, 5.74) is 2.12. The highest BCUT2D eigenvalue weighted by atomic mass is 16.2. The second kappa shape index (κ2) is 8.86. The predicted octanol–water partition coefficient (Wildman–Crippen LogP) is 4.08. The molecule has 1 fully saturated rings. The number of rotatable bonds is 6. The minimum atomic E-state index is 0.0185. The minimum Gasteiger partial charge on any atom is -0.356 e. The Bertz CT molecular complexity index is 543. The van der Waals surface area contributed by atoms with Gasteiger partial charge in [0.25, 0.3) is 0 Å². The molecule has 4 nitrogen and oxygen atoms in total. The van der Waals surface area contributed by atoms with E-state index in [1.165, 1.54) is 5.56 Å². The van der Waals surface area contributed by atoms with Crippen LogP contribution in [0.2, 0.25) is 0 Å². The van der Waals surface area contributed by atoms with Gasteiger partial charge in [0.05, 0.1) is 0 Å². The van der Waals surface area contributed by atoms with Crippen molar-refractivity contribution in [2.24, 2.45) is 11.8 Å². The maximum atomic E-state index is 12.4. The van der Waals surface area contributed by atoms with Crippen LogP contribution in [0.1, 0.15) is 64.4 Å². The van der Waals surface area contributed by atoms with Crippen molar-refractivity contribution >= 4 is 17.5 Å². The van der Waals surface area contributed by atoms with Gasteiger partial charge in [-0.05, 0) is 55.7 Å². The lowest BCUT2D eigenvalue weighted by molar-refractivity contribution is -0.128. The molecule has 1 aliphatic rings. The molecule has 0 spiro atoms. The topological polar surface area (TPSA) is 58.2 Å². The third kappa shape index (κ3) is 5.08. The van der Waals surface area contributed by atoms with Crippen LogP contribution in [0.25, 0.3) is 0 Å². The van der Waals surface area contributed by atoms with Crippen molar-refractivity contribution in [1.82, 2.24) is 5.32 Å². The molecule has 2 amide bonds. The van der Waals surface area contributed by atoms with E-state index in [1.807, 2.05) is 12.1 Å². The molecule has 0 bridgehead atoms. The molecule has 0 aliphatic heterocycles. The van der Waals surface area contributed by atoms with E-state index in [2.05, 4.69) is 43.5 Å². The molecule has 4 heteroatoms. The van der Waals surface area contributed by atoms with Crippen molar-refractivity contribution < 1.29 is 9.59 Å². The summed E-state index contributed by atoms with van der Waals surface area (Å²) in [6.45, 7) is 7.10. The number of anilines is 1. The fourth-order valence-electron chi connectivity index (χ4n) is 3.21. The SMILES string of the molecule is CCCNC(=O)C1CCC(C(=O)Nc2ccc(C(C)C)cc2)CC1. The summed E-state index contributed by atoms with van der Waals surface area (Å²) >= 11 is 0. The first-order chi connectivity index (χ1) is 11.5. The van der Waals surface area contributed by atoms with Crippen LogP contribution in [0.15, 0.2) is 24.3 Å². The molecule has 2 N–H and O–H groups in total. The van der Waals surface area contributed by atoms with Gasteiger partial charge in [0, 0.05) is 24.1 Å². The molecule has 0 saturated heterocycles. The minimum absolute atomic E-state index is 0.0185. The van der Waals surface area contributed by atoms with Gasteiger partial charge in [-0.2, -0.15) is 0 Å². The molecular formula is C20H30N2O2. The Morgan fingerprint density at radius 1 is 1.00 bits per heavy atom. The second-order valence-electron chi connectivity index (χ2n) is 7.11. The summed E-state index contributed by atoms with van der Waals surface area (Å²) in [4.78, 5) is 24.4. The number of carbonyl (C=O) groups excluding carboxylic acids is 2. The number of hydrogen-bond donors (Lipinski definition) is 2. The predicted molar refractivity (Wildman–Crippen MR) is 97.9 cm³/mol. The third-order valence-corrected chi connectivity index (χ3v) is 4.86. The molecule has 0 aromatic heterocycles. The summed E-state index contributed by atoms with van der Waals surface area (Å²) < 4.78 is 0. The van der Waals surface area contributed by atoms with E-state index in [1.54, 1.807) is 0 Å². The molecule has 0 radical (unpaired) electrons. The highest BCUT2D eigenvalue weighted by molar-refractivity contribution is 5.92. The van der Waals surface area contributed by atoms with E-state index < -0.39 is 0 Å². The lowest BCUT2D eigenvalue weighted by Gasteiger charge is -2.27. The number of hydrogen-bond acceptors (Lipinski definition) is 2. The van der Waals surface area contributed by atoms with Crippen molar-refractivity contribution in [1.29, 1.82) is 0 Å². The first kappa shape index (κ1) is 18.5. The van der Waals surface area contributed by atoms with Gasteiger partial charge in [-0.15, -0.1) is 0 Å². The van der Waals surface area contributed by atoms with Crippen LogP contribution < -0.4 is 10.6 Å². The molecule has 1 saturated carbocycles. The lowest BCUT2D eigenvalue weighted by Crippen LogP contribution is -2.35. The zero-order chi connectivity index (χ0) is 17.5. The van der Waals surface area contributed by atoms with Crippen LogP contribution in [0.4, 0.5) is 5.69 Å². The molecule has 132 valence electrons. The quantitative estimate of drug-likeness (QED) is 0.825. The van der Waals surface area contributed by atoms with Gasteiger partial charge in [0.2, 0.25) is 11.8 Å². The largest absolute Gasteiger partial charge is 0.356 e.